The lowest BCUT2D eigenvalue weighted by Crippen LogP contribution is -2.35. The maximum absolute atomic E-state index is 12.4. The summed E-state index contributed by atoms with van der Waals surface area (Å²) in [7, 11) is 0. The highest BCUT2D eigenvalue weighted by atomic mass is 16.1. The molecule has 0 atom stereocenters. The summed E-state index contributed by atoms with van der Waals surface area (Å²) < 4.78 is 0. The van der Waals surface area contributed by atoms with Gasteiger partial charge in [0.25, 0.3) is 5.56 Å². The molecule has 2 aromatic carbocycles. The van der Waals surface area contributed by atoms with Crippen LogP contribution in [0.3, 0.4) is 0 Å². The lowest BCUT2D eigenvalue weighted by atomic mass is 10.0. The quantitative estimate of drug-likeness (QED) is 0.808. The Bertz CT molecular complexity index is 888. The average molecular weight is 317 g/mol. The number of H-pyrrole nitrogens is 1. The van der Waals surface area contributed by atoms with Crippen LogP contribution in [-0.2, 0) is 19.5 Å². The zero-order valence-electron chi connectivity index (χ0n) is 13.4. The zero-order valence-corrected chi connectivity index (χ0v) is 13.4. The number of aromatic nitrogens is 2. The summed E-state index contributed by atoms with van der Waals surface area (Å²) in [5, 5.41) is 0. The Kier molecular flexibility index (Phi) is 3.97. The van der Waals surface area contributed by atoms with E-state index in [1.54, 1.807) is 0 Å². The van der Waals surface area contributed by atoms with Gasteiger partial charge in [-0.1, -0.05) is 60.7 Å². The van der Waals surface area contributed by atoms with Gasteiger partial charge in [-0.25, -0.2) is 4.98 Å². The molecule has 4 heteroatoms. The minimum atomic E-state index is -0.00165. The van der Waals surface area contributed by atoms with Crippen molar-refractivity contribution >= 4 is 0 Å². The molecule has 0 unspecified atom stereocenters. The van der Waals surface area contributed by atoms with Gasteiger partial charge >= 0.3 is 0 Å². The Morgan fingerprint density at radius 1 is 1.00 bits per heavy atom. The first-order valence-corrected chi connectivity index (χ1v) is 8.23. The number of rotatable bonds is 3. The summed E-state index contributed by atoms with van der Waals surface area (Å²) in [4.78, 5) is 22.4. The van der Waals surface area contributed by atoms with Crippen molar-refractivity contribution in [2.75, 3.05) is 6.54 Å². The molecule has 24 heavy (non-hydrogen) atoms. The molecule has 2 heterocycles. The predicted octanol–water partition coefficient (Wildman–Crippen LogP) is 3.00. The summed E-state index contributed by atoms with van der Waals surface area (Å²) in [5.74, 6) is 0.654. The first kappa shape index (κ1) is 14.8. The van der Waals surface area contributed by atoms with Crippen molar-refractivity contribution in [1.82, 2.24) is 14.9 Å². The molecule has 0 bridgehead atoms. The molecule has 0 aliphatic carbocycles. The van der Waals surface area contributed by atoms with Crippen LogP contribution in [0.5, 0.6) is 0 Å². The molecule has 1 aliphatic rings. The first-order valence-electron chi connectivity index (χ1n) is 8.23. The van der Waals surface area contributed by atoms with Gasteiger partial charge in [-0.2, -0.15) is 0 Å². The highest BCUT2D eigenvalue weighted by Crippen LogP contribution is 2.19. The number of hydrogen-bond acceptors (Lipinski definition) is 3. The Hall–Kier alpha value is -2.72. The fourth-order valence-corrected chi connectivity index (χ4v) is 3.20. The smallest absolute Gasteiger partial charge is 0.254 e. The third-order valence-corrected chi connectivity index (χ3v) is 4.45. The van der Waals surface area contributed by atoms with Crippen LogP contribution in [0.15, 0.2) is 65.5 Å². The van der Waals surface area contributed by atoms with Crippen molar-refractivity contribution in [3.05, 3.63) is 87.8 Å². The van der Waals surface area contributed by atoms with Crippen LogP contribution in [0, 0.1) is 0 Å². The second kappa shape index (κ2) is 6.42. The minimum Gasteiger partial charge on any atom is -0.306 e. The maximum atomic E-state index is 12.4. The molecule has 4 rings (SSSR count). The van der Waals surface area contributed by atoms with Crippen LogP contribution in [0.2, 0.25) is 0 Å². The molecule has 1 aliphatic heterocycles. The normalized spacial score (nSPS) is 14.3. The van der Waals surface area contributed by atoms with Crippen molar-refractivity contribution in [3.8, 4) is 11.4 Å². The van der Waals surface area contributed by atoms with Crippen LogP contribution < -0.4 is 5.56 Å². The third-order valence-electron chi connectivity index (χ3n) is 4.45. The number of benzene rings is 2. The lowest BCUT2D eigenvalue weighted by molar-refractivity contribution is 0.240. The van der Waals surface area contributed by atoms with Gasteiger partial charge in [-0.15, -0.1) is 0 Å². The van der Waals surface area contributed by atoms with Crippen molar-refractivity contribution in [2.24, 2.45) is 0 Å². The summed E-state index contributed by atoms with van der Waals surface area (Å²) in [6.45, 7) is 2.49. The zero-order chi connectivity index (χ0) is 16.4. The van der Waals surface area contributed by atoms with Crippen LogP contribution in [-0.4, -0.2) is 21.4 Å². The SMILES string of the molecule is O=c1[nH]c(-c2ccccc2)nc2c1CCN(Cc1ccccc1)C2. The number of hydrogen-bond donors (Lipinski definition) is 1. The molecule has 0 amide bonds. The molecule has 0 saturated carbocycles. The van der Waals surface area contributed by atoms with Gasteiger partial charge in [0.05, 0.1) is 5.69 Å². The number of fused-ring (bicyclic) bond motifs is 1. The van der Waals surface area contributed by atoms with Crippen molar-refractivity contribution in [3.63, 3.8) is 0 Å². The van der Waals surface area contributed by atoms with Crippen molar-refractivity contribution in [1.29, 1.82) is 0 Å². The highest BCUT2D eigenvalue weighted by molar-refractivity contribution is 5.54. The molecule has 0 fully saturated rings. The minimum absolute atomic E-state index is 0.00165. The fourth-order valence-electron chi connectivity index (χ4n) is 3.20. The molecule has 0 radical (unpaired) electrons. The van der Waals surface area contributed by atoms with Gasteiger partial charge in [0, 0.05) is 30.8 Å². The van der Waals surface area contributed by atoms with Gasteiger partial charge in [0.15, 0.2) is 0 Å². The molecule has 4 nitrogen and oxygen atoms in total. The van der Waals surface area contributed by atoms with Gasteiger partial charge in [0.1, 0.15) is 5.82 Å². The topological polar surface area (TPSA) is 49.0 Å². The van der Waals surface area contributed by atoms with E-state index in [-0.39, 0.29) is 5.56 Å². The predicted molar refractivity (Wildman–Crippen MR) is 94.6 cm³/mol. The third kappa shape index (κ3) is 3.01. The van der Waals surface area contributed by atoms with Crippen molar-refractivity contribution < 1.29 is 0 Å². The molecule has 120 valence electrons. The van der Waals surface area contributed by atoms with Gasteiger partial charge in [-0.3, -0.25) is 9.69 Å². The van der Waals surface area contributed by atoms with E-state index in [2.05, 4.69) is 34.1 Å². The van der Waals surface area contributed by atoms with Gasteiger partial charge in [-0.05, 0) is 12.0 Å². The molecule has 1 aromatic heterocycles. The van der Waals surface area contributed by atoms with Gasteiger partial charge < -0.3 is 4.98 Å². The maximum Gasteiger partial charge on any atom is 0.254 e. The van der Waals surface area contributed by atoms with E-state index in [4.69, 9.17) is 4.98 Å². The number of nitrogens with one attached hydrogen (secondary N) is 1. The monoisotopic (exact) mass is 317 g/mol. The summed E-state index contributed by atoms with van der Waals surface area (Å²) in [6.07, 6.45) is 0.750. The fraction of sp³-hybridized carbons (Fsp3) is 0.200. The highest BCUT2D eigenvalue weighted by Gasteiger charge is 2.21. The van der Waals surface area contributed by atoms with Crippen LogP contribution in [0.25, 0.3) is 11.4 Å². The second-order valence-corrected chi connectivity index (χ2v) is 6.15. The molecular weight excluding hydrogens is 298 g/mol. The molecule has 0 spiro atoms. The molecule has 3 aromatic rings. The standard InChI is InChI=1S/C20H19N3O/c24-20-17-11-12-23(13-15-7-3-1-4-8-15)14-18(17)21-19(22-20)16-9-5-2-6-10-16/h1-10H,11-14H2,(H,21,22,24). The lowest BCUT2D eigenvalue weighted by Gasteiger charge is -2.27. The molecular formula is C20H19N3O. The number of aromatic amines is 1. The van der Waals surface area contributed by atoms with Crippen LogP contribution in [0.4, 0.5) is 0 Å². The first-order chi connectivity index (χ1) is 11.8. The Balaban J connectivity index is 1.62. The summed E-state index contributed by atoms with van der Waals surface area (Å²) >= 11 is 0. The summed E-state index contributed by atoms with van der Waals surface area (Å²) in [6, 6.07) is 20.2. The van der Waals surface area contributed by atoms with Crippen molar-refractivity contribution in [2.45, 2.75) is 19.5 Å². The van der Waals surface area contributed by atoms with E-state index in [1.165, 1.54) is 5.56 Å². The summed E-state index contributed by atoms with van der Waals surface area (Å²) in [5.41, 5.74) is 3.96. The Morgan fingerprint density at radius 3 is 2.46 bits per heavy atom. The molecule has 1 N–H and O–H groups in total. The average Bonchev–Trinajstić information content (AvgIpc) is 2.63. The van der Waals surface area contributed by atoms with E-state index in [1.807, 2.05) is 36.4 Å². The second-order valence-electron chi connectivity index (χ2n) is 6.15. The van der Waals surface area contributed by atoms with E-state index >= 15 is 0 Å². The van der Waals surface area contributed by atoms with Crippen LogP contribution >= 0.6 is 0 Å². The largest absolute Gasteiger partial charge is 0.306 e. The van der Waals surface area contributed by atoms with E-state index < -0.39 is 0 Å². The number of nitrogens with zero attached hydrogens (tertiary/aromatic N) is 2. The van der Waals surface area contributed by atoms with E-state index in [9.17, 15) is 4.79 Å². The van der Waals surface area contributed by atoms with E-state index in [0.717, 1.165) is 36.3 Å². The molecule has 0 saturated heterocycles. The van der Waals surface area contributed by atoms with Crippen LogP contribution in [0.1, 0.15) is 16.8 Å². The Labute approximate surface area is 140 Å². The Morgan fingerprint density at radius 2 is 1.71 bits per heavy atom. The van der Waals surface area contributed by atoms with Gasteiger partial charge in [0.2, 0.25) is 0 Å². The van der Waals surface area contributed by atoms with E-state index in [0.29, 0.717) is 12.4 Å².